The maximum atomic E-state index is 13.4. The van der Waals surface area contributed by atoms with Crippen molar-refractivity contribution in [2.75, 3.05) is 0 Å². The number of aliphatic hydroxyl groups excluding tert-OH is 2. The molecule has 1 aliphatic heterocycles. The number of fused-ring (bicyclic) bond motifs is 1. The van der Waals surface area contributed by atoms with Crippen molar-refractivity contribution in [3.8, 4) is 40.1 Å². The van der Waals surface area contributed by atoms with Gasteiger partial charge in [0.1, 0.15) is 41.1 Å². The lowest BCUT2D eigenvalue weighted by atomic mass is 9.99. The maximum Gasteiger partial charge on any atom is 0.317 e. The topological polar surface area (TPSA) is 234 Å². The number of aromatic hydroxyl groups is 4. The maximum absolute atomic E-state index is 13.4. The number of aliphatic carboxylic acids is 1. The summed E-state index contributed by atoms with van der Waals surface area (Å²) in [6.45, 7) is 1.33. The predicted octanol–water partition coefficient (Wildman–Crippen LogP) is 0.514. The van der Waals surface area contributed by atoms with Crippen molar-refractivity contribution < 1.29 is 64.0 Å². The molecule has 5 atom stereocenters. The number of carbonyl (C=O) groups is 2. The lowest BCUT2D eigenvalue weighted by Crippen LogP contribution is -2.59. The number of benzene rings is 2. The van der Waals surface area contributed by atoms with E-state index < -0.39 is 88.6 Å². The van der Waals surface area contributed by atoms with Gasteiger partial charge in [-0.05, 0) is 25.1 Å². The molecule has 38 heavy (non-hydrogen) atoms. The number of rotatable bonds is 6. The second kappa shape index (κ2) is 10.1. The molecule has 3 aromatic rings. The smallest absolute Gasteiger partial charge is 0.317 e. The molecule has 7 N–H and O–H groups in total. The first kappa shape index (κ1) is 26.5. The van der Waals surface area contributed by atoms with Gasteiger partial charge in [-0.15, -0.1) is 0 Å². The van der Waals surface area contributed by atoms with Crippen LogP contribution in [-0.4, -0.2) is 78.4 Å². The van der Waals surface area contributed by atoms with E-state index in [0.29, 0.717) is 0 Å². The molecule has 202 valence electrons. The molecule has 4 rings (SSSR count). The van der Waals surface area contributed by atoms with Crippen LogP contribution in [0.3, 0.4) is 0 Å². The zero-order chi connectivity index (χ0) is 27.9. The van der Waals surface area contributed by atoms with Crippen molar-refractivity contribution in [1.29, 1.82) is 0 Å². The van der Waals surface area contributed by atoms with Crippen LogP contribution in [0.25, 0.3) is 22.3 Å². The fraction of sp³-hybridized carbons (Fsp3) is 0.292. The average molecular weight is 534 g/mol. The average Bonchev–Trinajstić information content (AvgIpc) is 2.82. The molecule has 1 saturated heterocycles. The Hall–Kier alpha value is -4.53. The minimum absolute atomic E-state index is 0.00324. The van der Waals surface area contributed by atoms with Crippen LogP contribution in [0.1, 0.15) is 13.3 Å². The predicted molar refractivity (Wildman–Crippen MR) is 124 cm³/mol. The van der Waals surface area contributed by atoms with Crippen molar-refractivity contribution in [3.63, 3.8) is 0 Å². The molecule has 0 radical (unpaired) electrons. The van der Waals surface area contributed by atoms with Crippen molar-refractivity contribution in [2.24, 2.45) is 0 Å². The Morgan fingerprint density at radius 3 is 2.34 bits per heavy atom. The molecule has 0 bridgehead atoms. The number of carbonyl (C=O) groups excluding carboxylic acids is 1. The zero-order valence-electron chi connectivity index (χ0n) is 19.5. The van der Waals surface area contributed by atoms with E-state index in [-0.39, 0.29) is 16.9 Å². The van der Waals surface area contributed by atoms with Crippen molar-refractivity contribution in [3.05, 3.63) is 40.6 Å². The van der Waals surface area contributed by atoms with Gasteiger partial charge in [0.2, 0.25) is 17.5 Å². The van der Waals surface area contributed by atoms with Gasteiger partial charge in [-0.3, -0.25) is 14.4 Å². The molecule has 1 aliphatic rings. The summed E-state index contributed by atoms with van der Waals surface area (Å²) < 4.78 is 21.7. The van der Waals surface area contributed by atoms with Crippen LogP contribution in [0, 0.1) is 0 Å². The van der Waals surface area contributed by atoms with Gasteiger partial charge in [0, 0.05) is 17.7 Å². The first-order valence-electron chi connectivity index (χ1n) is 11.0. The van der Waals surface area contributed by atoms with E-state index in [2.05, 4.69) is 0 Å². The molecule has 0 saturated carbocycles. The van der Waals surface area contributed by atoms with Crippen LogP contribution in [0.2, 0.25) is 0 Å². The third-order valence-corrected chi connectivity index (χ3v) is 5.73. The largest absolute Gasteiger partial charge is 0.508 e. The van der Waals surface area contributed by atoms with Gasteiger partial charge in [0.25, 0.3) is 0 Å². The number of carboxylic acids is 1. The van der Waals surface area contributed by atoms with Gasteiger partial charge in [0.05, 0.1) is 6.10 Å². The number of ether oxygens (including phenoxy) is 3. The summed E-state index contributed by atoms with van der Waals surface area (Å²) in [6, 6.07) is 5.29. The highest BCUT2D eigenvalue weighted by molar-refractivity contribution is 5.90. The molecule has 0 aliphatic carbocycles. The molecule has 1 aromatic heterocycles. The number of aliphatic hydroxyl groups is 2. The Kier molecular flexibility index (Phi) is 7.04. The molecule has 2 heterocycles. The summed E-state index contributed by atoms with van der Waals surface area (Å²) in [6.07, 6.45) is -9.16. The summed E-state index contributed by atoms with van der Waals surface area (Å²) in [5, 5.41) is 69.2. The van der Waals surface area contributed by atoms with E-state index >= 15 is 0 Å². The van der Waals surface area contributed by atoms with Crippen LogP contribution < -0.4 is 10.2 Å². The number of carboxylic acid groups (broad SMARTS) is 1. The first-order valence-corrected chi connectivity index (χ1v) is 11.0. The summed E-state index contributed by atoms with van der Waals surface area (Å²) in [4.78, 5) is 35.9. The van der Waals surface area contributed by atoms with Crippen LogP contribution in [0.5, 0.6) is 28.7 Å². The Morgan fingerprint density at radius 2 is 1.68 bits per heavy atom. The first-order chi connectivity index (χ1) is 17.9. The molecule has 2 aromatic carbocycles. The standard InChI is InChI=1S/C24H22O14/c1-8-21(37-16(31)7-15(29)30)19(33)20(34)24(35-8)38-23-18(32)17-13(28)5-10(25)6-14(17)36-22(23)9-2-3-11(26)12(27)4-9/h2-6,8,19-21,24-28,33-34H,7H2,1H3,(H,29,30)/t8-,19-,20-,21-,24-/m0/s1. The Balaban J connectivity index is 1.76. The van der Waals surface area contributed by atoms with Crippen LogP contribution in [-0.2, 0) is 19.1 Å². The van der Waals surface area contributed by atoms with Crippen LogP contribution >= 0.6 is 0 Å². The quantitative estimate of drug-likeness (QED) is 0.130. The monoisotopic (exact) mass is 534 g/mol. The summed E-state index contributed by atoms with van der Waals surface area (Å²) in [5.74, 6) is -5.83. The van der Waals surface area contributed by atoms with Gasteiger partial charge < -0.3 is 54.4 Å². The van der Waals surface area contributed by atoms with Crippen molar-refractivity contribution in [2.45, 2.75) is 44.1 Å². The van der Waals surface area contributed by atoms with Crippen molar-refractivity contribution >= 4 is 22.9 Å². The third-order valence-electron chi connectivity index (χ3n) is 5.73. The summed E-state index contributed by atoms with van der Waals surface area (Å²) in [7, 11) is 0. The lowest BCUT2D eigenvalue weighted by Gasteiger charge is -2.40. The van der Waals surface area contributed by atoms with E-state index in [1.807, 2.05) is 0 Å². The fourth-order valence-electron chi connectivity index (χ4n) is 3.93. The molecule has 14 nitrogen and oxygen atoms in total. The molecule has 0 unspecified atom stereocenters. The lowest BCUT2D eigenvalue weighted by molar-refractivity contribution is -0.272. The Bertz CT molecular complexity index is 1460. The van der Waals surface area contributed by atoms with E-state index in [9.17, 15) is 45.0 Å². The van der Waals surface area contributed by atoms with E-state index in [0.717, 1.165) is 24.3 Å². The van der Waals surface area contributed by atoms with Gasteiger partial charge >= 0.3 is 11.9 Å². The van der Waals surface area contributed by atoms with Gasteiger partial charge in [-0.2, -0.15) is 0 Å². The van der Waals surface area contributed by atoms with E-state index in [4.69, 9.17) is 23.7 Å². The fourth-order valence-corrected chi connectivity index (χ4v) is 3.93. The third kappa shape index (κ3) is 5.00. The highest BCUT2D eigenvalue weighted by Gasteiger charge is 2.47. The molecule has 14 heteroatoms. The number of hydrogen-bond donors (Lipinski definition) is 7. The van der Waals surface area contributed by atoms with E-state index in [1.165, 1.54) is 13.0 Å². The Morgan fingerprint density at radius 1 is 0.974 bits per heavy atom. The normalized spacial score (nSPS) is 23.2. The minimum atomic E-state index is -1.93. The van der Waals surface area contributed by atoms with Gasteiger partial charge in [-0.1, -0.05) is 0 Å². The molecule has 0 spiro atoms. The van der Waals surface area contributed by atoms with Crippen LogP contribution in [0.15, 0.2) is 39.5 Å². The minimum Gasteiger partial charge on any atom is -0.508 e. The second-order valence-corrected chi connectivity index (χ2v) is 8.46. The molecular weight excluding hydrogens is 512 g/mol. The Labute approximate surface area is 212 Å². The SMILES string of the molecule is C[C@@H]1O[C@@H](Oc2c(-c3ccc(O)c(O)c3)oc3cc(O)cc(O)c3c2=O)[C@@H](O)[C@H](O)[C@H]1OC(=O)CC(=O)O. The second-order valence-electron chi connectivity index (χ2n) is 8.46. The van der Waals surface area contributed by atoms with Gasteiger partial charge in [0.15, 0.2) is 23.4 Å². The molecule has 1 fully saturated rings. The number of hydrogen-bond acceptors (Lipinski definition) is 13. The number of phenols is 4. The summed E-state index contributed by atoms with van der Waals surface area (Å²) in [5.41, 5.74) is -1.26. The van der Waals surface area contributed by atoms with Crippen molar-refractivity contribution in [1.82, 2.24) is 0 Å². The molecule has 0 amide bonds. The van der Waals surface area contributed by atoms with E-state index in [1.54, 1.807) is 0 Å². The number of esters is 1. The molecular formula is C24H22O14. The van der Waals surface area contributed by atoms with Crippen LogP contribution in [0.4, 0.5) is 0 Å². The highest BCUT2D eigenvalue weighted by atomic mass is 16.7. The van der Waals surface area contributed by atoms with Gasteiger partial charge in [-0.25, -0.2) is 0 Å². The highest BCUT2D eigenvalue weighted by Crippen LogP contribution is 2.39. The zero-order valence-corrected chi connectivity index (χ0v) is 19.5. The summed E-state index contributed by atoms with van der Waals surface area (Å²) >= 11 is 0. The number of phenolic OH excluding ortho intramolecular Hbond substituents is 4.